The highest BCUT2D eigenvalue weighted by Gasteiger charge is 2.28. The summed E-state index contributed by atoms with van der Waals surface area (Å²) in [6.07, 6.45) is 0.275. The minimum Gasteiger partial charge on any atom is -0.278 e. The minimum absolute atomic E-state index is 0.0620. The second kappa shape index (κ2) is 4.79. The fraction of sp³-hybridized carbons (Fsp3) is 0.467. The Labute approximate surface area is 128 Å². The van der Waals surface area contributed by atoms with E-state index >= 15 is 0 Å². The van der Waals surface area contributed by atoms with Gasteiger partial charge in [-0.25, -0.2) is 14.5 Å². The molecule has 3 heterocycles. The highest BCUT2D eigenvalue weighted by atomic mass is 16.2. The maximum Gasteiger partial charge on any atom is 0.329 e. The summed E-state index contributed by atoms with van der Waals surface area (Å²) in [5.74, 6) is 0.282. The summed E-state index contributed by atoms with van der Waals surface area (Å²) in [4.78, 5) is 29.5. The molecule has 3 amide bonds. The van der Waals surface area contributed by atoms with E-state index < -0.39 is 6.03 Å². The predicted molar refractivity (Wildman–Crippen MR) is 82.7 cm³/mol. The summed E-state index contributed by atoms with van der Waals surface area (Å²) in [5, 5.41) is 7.54. The molecule has 7 heteroatoms. The van der Waals surface area contributed by atoms with Crippen LogP contribution in [0.1, 0.15) is 32.9 Å². The molecule has 2 aromatic heterocycles. The Morgan fingerprint density at radius 3 is 2.59 bits per heavy atom. The summed E-state index contributed by atoms with van der Waals surface area (Å²) in [6.45, 7) is 6.63. The van der Waals surface area contributed by atoms with Crippen LogP contribution in [-0.4, -0.2) is 33.2 Å². The van der Waals surface area contributed by atoms with Crippen LogP contribution in [-0.2, 0) is 17.3 Å². The number of rotatable bonds is 1. The van der Waals surface area contributed by atoms with Crippen LogP contribution in [0.25, 0.3) is 11.0 Å². The lowest BCUT2D eigenvalue weighted by molar-refractivity contribution is -0.120. The molecule has 1 N–H and O–H groups in total. The standard InChI is InChI=1S/C15H19N5O2/c1-15(2,3)10-6-5-9-12(16-10)19(4)18-13(9)20-8-7-11(21)17-14(20)22/h5-6H,7-8H2,1-4H3,(H,17,21,22). The topological polar surface area (TPSA) is 80.1 Å². The number of nitrogens with one attached hydrogen (secondary N) is 1. The quantitative estimate of drug-likeness (QED) is 0.869. The van der Waals surface area contributed by atoms with Gasteiger partial charge in [0.15, 0.2) is 11.5 Å². The molecule has 0 bridgehead atoms. The van der Waals surface area contributed by atoms with Gasteiger partial charge in [-0.05, 0) is 12.1 Å². The van der Waals surface area contributed by atoms with Gasteiger partial charge in [0.25, 0.3) is 0 Å². The molecule has 22 heavy (non-hydrogen) atoms. The molecule has 116 valence electrons. The van der Waals surface area contributed by atoms with Crippen molar-refractivity contribution >= 4 is 28.8 Å². The molecule has 1 saturated heterocycles. The summed E-state index contributed by atoms with van der Waals surface area (Å²) in [6, 6.07) is 3.46. The average Bonchev–Trinajstić information content (AvgIpc) is 2.75. The van der Waals surface area contributed by atoms with Crippen LogP contribution in [0, 0.1) is 0 Å². The Bertz CT molecular complexity index is 772. The lowest BCUT2D eigenvalue weighted by atomic mass is 9.91. The largest absolute Gasteiger partial charge is 0.329 e. The van der Waals surface area contributed by atoms with Crippen molar-refractivity contribution in [3.05, 3.63) is 17.8 Å². The number of anilines is 1. The molecule has 0 atom stereocenters. The van der Waals surface area contributed by atoms with Gasteiger partial charge in [-0.3, -0.25) is 15.0 Å². The fourth-order valence-electron chi connectivity index (χ4n) is 2.50. The van der Waals surface area contributed by atoms with Gasteiger partial charge in [0.2, 0.25) is 5.91 Å². The smallest absolute Gasteiger partial charge is 0.278 e. The first-order valence-electron chi connectivity index (χ1n) is 7.23. The number of nitrogens with zero attached hydrogens (tertiary/aromatic N) is 4. The Morgan fingerprint density at radius 2 is 1.95 bits per heavy atom. The first kappa shape index (κ1) is 14.5. The van der Waals surface area contributed by atoms with Crippen LogP contribution < -0.4 is 10.2 Å². The van der Waals surface area contributed by atoms with Crippen molar-refractivity contribution in [3.8, 4) is 0 Å². The van der Waals surface area contributed by atoms with Gasteiger partial charge in [0.05, 0.1) is 5.39 Å². The normalized spacial score (nSPS) is 16.3. The van der Waals surface area contributed by atoms with E-state index in [-0.39, 0.29) is 17.7 Å². The van der Waals surface area contributed by atoms with E-state index in [0.29, 0.717) is 12.4 Å². The zero-order valence-corrected chi connectivity index (χ0v) is 13.2. The van der Waals surface area contributed by atoms with Crippen molar-refractivity contribution < 1.29 is 9.59 Å². The van der Waals surface area contributed by atoms with E-state index in [1.54, 1.807) is 11.7 Å². The van der Waals surface area contributed by atoms with Crippen LogP contribution in [0.5, 0.6) is 0 Å². The van der Waals surface area contributed by atoms with Gasteiger partial charge in [-0.15, -0.1) is 0 Å². The van der Waals surface area contributed by atoms with E-state index in [9.17, 15) is 9.59 Å². The van der Waals surface area contributed by atoms with Gasteiger partial charge in [-0.1, -0.05) is 20.8 Å². The molecule has 3 rings (SSSR count). The molecular formula is C15H19N5O2. The molecule has 0 spiro atoms. The summed E-state index contributed by atoms with van der Waals surface area (Å²) in [7, 11) is 1.80. The molecule has 7 nitrogen and oxygen atoms in total. The Kier molecular flexibility index (Phi) is 3.16. The van der Waals surface area contributed by atoms with Crippen molar-refractivity contribution in [2.75, 3.05) is 11.4 Å². The monoisotopic (exact) mass is 301 g/mol. The second-order valence-electron chi connectivity index (χ2n) is 6.52. The van der Waals surface area contributed by atoms with Crippen LogP contribution in [0.15, 0.2) is 12.1 Å². The van der Waals surface area contributed by atoms with E-state index in [0.717, 1.165) is 16.7 Å². The molecule has 1 aliphatic rings. The summed E-state index contributed by atoms with van der Waals surface area (Å²) in [5.41, 5.74) is 1.63. The van der Waals surface area contributed by atoms with Gasteiger partial charge in [0, 0.05) is 31.1 Å². The molecule has 0 saturated carbocycles. The average molecular weight is 301 g/mol. The molecule has 0 aromatic carbocycles. The van der Waals surface area contributed by atoms with E-state index in [2.05, 4.69) is 36.2 Å². The maximum absolute atomic E-state index is 12.0. The van der Waals surface area contributed by atoms with Crippen LogP contribution in [0.3, 0.4) is 0 Å². The third-order valence-corrected chi connectivity index (χ3v) is 3.75. The third kappa shape index (κ3) is 2.32. The van der Waals surface area contributed by atoms with E-state index in [1.807, 2.05) is 12.1 Å². The van der Waals surface area contributed by atoms with Crippen LogP contribution in [0.4, 0.5) is 10.6 Å². The van der Waals surface area contributed by atoms with Gasteiger partial charge in [0.1, 0.15) is 0 Å². The lowest BCUT2D eigenvalue weighted by Crippen LogP contribution is -2.49. The fourth-order valence-corrected chi connectivity index (χ4v) is 2.50. The number of aryl methyl sites for hydroxylation is 1. The number of carbonyl (C=O) groups excluding carboxylic acids is 2. The minimum atomic E-state index is -0.434. The van der Waals surface area contributed by atoms with Crippen molar-refractivity contribution in [2.24, 2.45) is 7.05 Å². The molecular weight excluding hydrogens is 282 g/mol. The van der Waals surface area contributed by atoms with Gasteiger partial charge >= 0.3 is 6.03 Å². The molecule has 1 aliphatic heterocycles. The predicted octanol–water partition coefficient (Wildman–Crippen LogP) is 1.71. The zero-order chi connectivity index (χ0) is 16.1. The Morgan fingerprint density at radius 1 is 1.23 bits per heavy atom. The van der Waals surface area contributed by atoms with E-state index in [1.165, 1.54) is 4.90 Å². The Hall–Kier alpha value is -2.44. The number of amides is 3. The van der Waals surface area contributed by atoms with E-state index in [4.69, 9.17) is 0 Å². The number of pyridine rings is 1. The molecule has 0 aliphatic carbocycles. The van der Waals surface area contributed by atoms with Crippen LogP contribution >= 0.6 is 0 Å². The second-order valence-corrected chi connectivity index (χ2v) is 6.52. The number of aromatic nitrogens is 3. The SMILES string of the molecule is Cn1nc(N2CCC(=O)NC2=O)c2ccc(C(C)(C)C)nc21. The molecule has 0 radical (unpaired) electrons. The van der Waals surface area contributed by atoms with Crippen LogP contribution in [0.2, 0.25) is 0 Å². The van der Waals surface area contributed by atoms with Crippen molar-refractivity contribution in [1.29, 1.82) is 0 Å². The molecule has 1 fully saturated rings. The zero-order valence-electron chi connectivity index (χ0n) is 13.2. The third-order valence-electron chi connectivity index (χ3n) is 3.75. The molecule has 2 aromatic rings. The van der Waals surface area contributed by atoms with Crippen molar-refractivity contribution in [2.45, 2.75) is 32.6 Å². The number of urea groups is 1. The summed E-state index contributed by atoms with van der Waals surface area (Å²) >= 11 is 0. The summed E-state index contributed by atoms with van der Waals surface area (Å²) < 4.78 is 1.67. The first-order valence-corrected chi connectivity index (χ1v) is 7.23. The van der Waals surface area contributed by atoms with Crippen molar-refractivity contribution in [3.63, 3.8) is 0 Å². The highest BCUT2D eigenvalue weighted by Crippen LogP contribution is 2.29. The number of hydrogen-bond donors (Lipinski definition) is 1. The lowest BCUT2D eigenvalue weighted by Gasteiger charge is -2.24. The Balaban J connectivity index is 2.09. The van der Waals surface area contributed by atoms with Gasteiger partial charge < -0.3 is 0 Å². The molecule has 0 unspecified atom stereocenters. The highest BCUT2D eigenvalue weighted by molar-refractivity contribution is 6.08. The van der Waals surface area contributed by atoms with Crippen molar-refractivity contribution in [1.82, 2.24) is 20.1 Å². The maximum atomic E-state index is 12.0. The van der Waals surface area contributed by atoms with Gasteiger partial charge in [-0.2, -0.15) is 5.10 Å². The number of carbonyl (C=O) groups is 2. The first-order chi connectivity index (χ1) is 10.3. The number of imide groups is 1. The number of fused-ring (bicyclic) bond motifs is 1. The number of hydrogen-bond acceptors (Lipinski definition) is 4.